The molecule has 16 heavy (non-hydrogen) atoms. The fourth-order valence-electron chi connectivity index (χ4n) is 2.28. The van der Waals surface area contributed by atoms with Crippen molar-refractivity contribution >= 4 is 12.4 Å². The van der Waals surface area contributed by atoms with Crippen molar-refractivity contribution in [2.24, 2.45) is 0 Å². The molecule has 0 aromatic carbocycles. The Bertz CT molecular complexity index is 332. The fraction of sp³-hybridized carbons (Fsp3) is 0.818. The Morgan fingerprint density at radius 1 is 1.12 bits per heavy atom. The molecule has 1 saturated heterocycles. The summed E-state index contributed by atoms with van der Waals surface area (Å²) in [6.07, 6.45) is 7.43. The van der Waals surface area contributed by atoms with Crippen molar-refractivity contribution in [3.8, 4) is 0 Å². The second kappa shape index (κ2) is 5.15. The third-order valence-corrected chi connectivity index (χ3v) is 3.53. The molecule has 1 saturated carbocycles. The third kappa shape index (κ3) is 2.23. The van der Waals surface area contributed by atoms with E-state index < -0.39 is 0 Å². The Morgan fingerprint density at radius 2 is 2.00 bits per heavy atom. The molecule has 1 atom stereocenters. The number of hydrogen-bond acceptors (Lipinski definition) is 4. The average molecular weight is 244 g/mol. The summed E-state index contributed by atoms with van der Waals surface area (Å²) in [5.74, 6) is 2.29. The summed E-state index contributed by atoms with van der Waals surface area (Å²) >= 11 is 0. The number of rotatable bonds is 2. The zero-order valence-corrected chi connectivity index (χ0v) is 10.1. The molecule has 2 aliphatic rings. The van der Waals surface area contributed by atoms with Gasteiger partial charge in [0, 0.05) is 5.92 Å². The van der Waals surface area contributed by atoms with Gasteiger partial charge in [0.1, 0.15) is 0 Å². The van der Waals surface area contributed by atoms with E-state index in [0.29, 0.717) is 12.0 Å². The van der Waals surface area contributed by atoms with Gasteiger partial charge in [0.25, 0.3) is 0 Å². The van der Waals surface area contributed by atoms with Gasteiger partial charge in [-0.3, -0.25) is 0 Å². The summed E-state index contributed by atoms with van der Waals surface area (Å²) < 4.78 is 5.32. The van der Waals surface area contributed by atoms with E-state index in [1.165, 1.54) is 32.1 Å². The van der Waals surface area contributed by atoms with Gasteiger partial charge in [-0.1, -0.05) is 18.0 Å². The van der Waals surface area contributed by atoms with Crippen LogP contribution in [0.5, 0.6) is 0 Å². The van der Waals surface area contributed by atoms with Crippen molar-refractivity contribution in [1.82, 2.24) is 15.5 Å². The highest BCUT2D eigenvalue weighted by molar-refractivity contribution is 5.85. The molecular weight excluding hydrogens is 226 g/mol. The van der Waals surface area contributed by atoms with Gasteiger partial charge >= 0.3 is 0 Å². The van der Waals surface area contributed by atoms with Crippen molar-refractivity contribution < 1.29 is 4.52 Å². The lowest BCUT2D eigenvalue weighted by Crippen LogP contribution is -2.27. The molecule has 90 valence electrons. The number of aromatic nitrogens is 2. The molecule has 3 rings (SSSR count). The summed E-state index contributed by atoms with van der Waals surface area (Å²) in [7, 11) is 0. The fourth-order valence-corrected chi connectivity index (χ4v) is 2.28. The van der Waals surface area contributed by atoms with Crippen LogP contribution in [0.1, 0.15) is 62.2 Å². The second-order valence-corrected chi connectivity index (χ2v) is 4.62. The topological polar surface area (TPSA) is 51.0 Å². The molecule has 0 radical (unpaired) electrons. The number of piperidine rings is 1. The first-order valence-corrected chi connectivity index (χ1v) is 6.00. The predicted molar refractivity (Wildman–Crippen MR) is 62.7 cm³/mol. The molecule has 2 heterocycles. The minimum Gasteiger partial charge on any atom is -0.339 e. The van der Waals surface area contributed by atoms with E-state index in [-0.39, 0.29) is 12.4 Å². The molecule has 1 aromatic rings. The maximum absolute atomic E-state index is 5.32. The number of nitrogens with one attached hydrogen (secondary N) is 1. The van der Waals surface area contributed by atoms with E-state index in [2.05, 4.69) is 15.5 Å². The van der Waals surface area contributed by atoms with Crippen LogP contribution in [-0.4, -0.2) is 16.7 Å². The molecule has 1 aromatic heterocycles. The predicted octanol–water partition coefficient (Wildman–Crippen LogP) is 2.57. The standard InChI is InChI=1S/C11H17N3O.ClH/c1-2-7-12-9(6-1)10-13-11(15-14-10)8-4-3-5-8;/h8-9,12H,1-7H2;1H. The first-order chi connectivity index (χ1) is 7.43. The summed E-state index contributed by atoms with van der Waals surface area (Å²) in [4.78, 5) is 4.52. The highest BCUT2D eigenvalue weighted by atomic mass is 35.5. The molecular formula is C11H18ClN3O. The molecule has 1 unspecified atom stereocenters. The normalized spacial score (nSPS) is 25.9. The van der Waals surface area contributed by atoms with E-state index in [9.17, 15) is 0 Å². The van der Waals surface area contributed by atoms with Gasteiger partial charge in [0.2, 0.25) is 5.89 Å². The monoisotopic (exact) mass is 243 g/mol. The SMILES string of the molecule is C1CCC(c2noc(C3CCC3)n2)NC1.Cl. The van der Waals surface area contributed by atoms with E-state index in [4.69, 9.17) is 4.52 Å². The van der Waals surface area contributed by atoms with Crippen LogP contribution in [-0.2, 0) is 0 Å². The van der Waals surface area contributed by atoms with E-state index in [1.54, 1.807) is 0 Å². The van der Waals surface area contributed by atoms with Gasteiger partial charge in [0.15, 0.2) is 5.82 Å². The lowest BCUT2D eigenvalue weighted by atomic mass is 9.85. The Labute approximate surface area is 102 Å². The summed E-state index contributed by atoms with van der Waals surface area (Å²) in [5.41, 5.74) is 0. The van der Waals surface area contributed by atoms with Gasteiger partial charge in [-0.2, -0.15) is 4.98 Å². The van der Waals surface area contributed by atoms with Crippen LogP contribution in [0.25, 0.3) is 0 Å². The lowest BCUT2D eigenvalue weighted by Gasteiger charge is -2.21. The van der Waals surface area contributed by atoms with Crippen molar-refractivity contribution in [3.63, 3.8) is 0 Å². The van der Waals surface area contributed by atoms with Crippen LogP contribution < -0.4 is 5.32 Å². The average Bonchev–Trinajstić information content (AvgIpc) is 2.66. The second-order valence-electron chi connectivity index (χ2n) is 4.62. The molecule has 0 bridgehead atoms. The van der Waals surface area contributed by atoms with Gasteiger partial charge in [-0.15, -0.1) is 12.4 Å². The smallest absolute Gasteiger partial charge is 0.229 e. The van der Waals surface area contributed by atoms with Gasteiger partial charge < -0.3 is 9.84 Å². The van der Waals surface area contributed by atoms with Crippen LogP contribution in [0.3, 0.4) is 0 Å². The molecule has 1 aliphatic carbocycles. The van der Waals surface area contributed by atoms with Crippen LogP contribution in [0, 0.1) is 0 Å². The largest absolute Gasteiger partial charge is 0.339 e. The van der Waals surface area contributed by atoms with Crippen molar-refractivity contribution in [3.05, 3.63) is 11.7 Å². The van der Waals surface area contributed by atoms with Gasteiger partial charge in [0.05, 0.1) is 6.04 Å². The Hall–Kier alpha value is -0.610. The molecule has 1 aliphatic heterocycles. The highest BCUT2D eigenvalue weighted by Crippen LogP contribution is 2.35. The van der Waals surface area contributed by atoms with Crippen LogP contribution in [0.15, 0.2) is 4.52 Å². The Kier molecular flexibility index (Phi) is 3.82. The molecule has 5 heteroatoms. The molecule has 2 fully saturated rings. The zero-order valence-electron chi connectivity index (χ0n) is 9.32. The van der Waals surface area contributed by atoms with Gasteiger partial charge in [-0.05, 0) is 32.2 Å². The van der Waals surface area contributed by atoms with Crippen molar-refractivity contribution in [2.45, 2.75) is 50.5 Å². The number of hydrogen-bond donors (Lipinski definition) is 1. The van der Waals surface area contributed by atoms with E-state index in [0.717, 1.165) is 24.7 Å². The molecule has 0 spiro atoms. The maximum atomic E-state index is 5.32. The van der Waals surface area contributed by atoms with Crippen LogP contribution in [0.2, 0.25) is 0 Å². The number of nitrogens with zero attached hydrogens (tertiary/aromatic N) is 2. The summed E-state index contributed by atoms with van der Waals surface area (Å²) in [6, 6.07) is 0.330. The van der Waals surface area contributed by atoms with Gasteiger partial charge in [-0.25, -0.2) is 0 Å². The van der Waals surface area contributed by atoms with E-state index >= 15 is 0 Å². The lowest BCUT2D eigenvalue weighted by molar-refractivity contribution is 0.288. The Balaban J connectivity index is 0.000000963. The quantitative estimate of drug-likeness (QED) is 0.868. The minimum absolute atomic E-state index is 0. The zero-order chi connectivity index (χ0) is 10.1. The highest BCUT2D eigenvalue weighted by Gasteiger charge is 2.27. The van der Waals surface area contributed by atoms with Crippen molar-refractivity contribution in [1.29, 1.82) is 0 Å². The Morgan fingerprint density at radius 3 is 2.62 bits per heavy atom. The summed E-state index contributed by atoms with van der Waals surface area (Å²) in [5, 5.41) is 7.53. The van der Waals surface area contributed by atoms with Crippen LogP contribution in [0.4, 0.5) is 0 Å². The first kappa shape index (κ1) is 11.9. The van der Waals surface area contributed by atoms with Crippen molar-refractivity contribution in [2.75, 3.05) is 6.54 Å². The van der Waals surface area contributed by atoms with E-state index in [1.807, 2.05) is 0 Å². The summed E-state index contributed by atoms with van der Waals surface area (Å²) in [6.45, 7) is 1.08. The third-order valence-electron chi connectivity index (χ3n) is 3.53. The minimum atomic E-state index is 0. The first-order valence-electron chi connectivity index (χ1n) is 6.00. The molecule has 4 nitrogen and oxygen atoms in total. The van der Waals surface area contributed by atoms with Crippen LogP contribution >= 0.6 is 12.4 Å². The number of halogens is 1. The molecule has 0 amide bonds. The molecule has 1 N–H and O–H groups in total. The maximum Gasteiger partial charge on any atom is 0.229 e.